The molecule has 102 valence electrons. The van der Waals surface area contributed by atoms with Gasteiger partial charge in [-0.3, -0.25) is 4.79 Å². The lowest BCUT2D eigenvalue weighted by Crippen LogP contribution is -2.38. The summed E-state index contributed by atoms with van der Waals surface area (Å²) in [6, 6.07) is 0.901. The number of halogens is 1. The minimum absolute atomic E-state index is 0. The summed E-state index contributed by atoms with van der Waals surface area (Å²) in [6.07, 6.45) is 7.47. The van der Waals surface area contributed by atoms with Crippen molar-refractivity contribution >= 4 is 18.3 Å². The summed E-state index contributed by atoms with van der Waals surface area (Å²) < 4.78 is 0. The number of hydrogen-bond acceptors (Lipinski definition) is 2. The summed E-state index contributed by atoms with van der Waals surface area (Å²) in [5.74, 6) is 0.352. The molecular weight excluding hydrogens is 236 g/mol. The van der Waals surface area contributed by atoms with Gasteiger partial charge in [0.1, 0.15) is 0 Å². The van der Waals surface area contributed by atoms with Gasteiger partial charge in [0.05, 0.1) is 0 Å². The van der Waals surface area contributed by atoms with Crippen LogP contribution in [0.4, 0.5) is 0 Å². The van der Waals surface area contributed by atoms with Crippen LogP contribution in [-0.4, -0.2) is 29.4 Å². The SMILES string of the molecule is CC1CCC(C)N1C(=O)CCCCCCN.Cl. The summed E-state index contributed by atoms with van der Waals surface area (Å²) >= 11 is 0. The van der Waals surface area contributed by atoms with Gasteiger partial charge in [0.25, 0.3) is 0 Å². The van der Waals surface area contributed by atoms with E-state index in [9.17, 15) is 4.79 Å². The number of nitrogens with zero attached hydrogens (tertiary/aromatic N) is 1. The lowest BCUT2D eigenvalue weighted by molar-refractivity contribution is -0.133. The number of rotatable bonds is 6. The van der Waals surface area contributed by atoms with Crippen LogP contribution in [0.15, 0.2) is 0 Å². The van der Waals surface area contributed by atoms with E-state index in [-0.39, 0.29) is 12.4 Å². The first kappa shape index (κ1) is 16.7. The molecule has 1 heterocycles. The Kier molecular flexibility index (Phi) is 8.61. The third-order valence-corrected chi connectivity index (χ3v) is 3.58. The highest BCUT2D eigenvalue weighted by atomic mass is 35.5. The van der Waals surface area contributed by atoms with Crippen molar-refractivity contribution in [2.75, 3.05) is 6.54 Å². The van der Waals surface area contributed by atoms with Gasteiger partial charge in [0, 0.05) is 18.5 Å². The highest BCUT2D eigenvalue weighted by molar-refractivity contribution is 5.85. The Bertz CT molecular complexity index is 213. The van der Waals surface area contributed by atoms with Gasteiger partial charge < -0.3 is 10.6 Å². The van der Waals surface area contributed by atoms with Gasteiger partial charge in [-0.1, -0.05) is 12.8 Å². The van der Waals surface area contributed by atoms with Crippen LogP contribution in [0.25, 0.3) is 0 Å². The van der Waals surface area contributed by atoms with Crippen molar-refractivity contribution < 1.29 is 4.79 Å². The fourth-order valence-corrected chi connectivity index (χ4v) is 2.59. The number of nitrogens with two attached hydrogens (primary N) is 1. The van der Waals surface area contributed by atoms with Gasteiger partial charge >= 0.3 is 0 Å². The smallest absolute Gasteiger partial charge is 0.223 e. The summed E-state index contributed by atoms with van der Waals surface area (Å²) in [5.41, 5.74) is 5.43. The maximum atomic E-state index is 12.0. The first-order valence-electron chi connectivity index (χ1n) is 6.68. The number of likely N-dealkylation sites (tertiary alicyclic amines) is 1. The van der Waals surface area contributed by atoms with Crippen LogP contribution >= 0.6 is 12.4 Å². The largest absolute Gasteiger partial charge is 0.337 e. The highest BCUT2D eigenvalue weighted by Gasteiger charge is 2.30. The molecule has 1 fully saturated rings. The zero-order chi connectivity index (χ0) is 12.0. The molecule has 2 unspecified atom stereocenters. The van der Waals surface area contributed by atoms with Gasteiger partial charge in [-0.25, -0.2) is 0 Å². The van der Waals surface area contributed by atoms with Crippen molar-refractivity contribution in [2.24, 2.45) is 5.73 Å². The van der Waals surface area contributed by atoms with Crippen LogP contribution < -0.4 is 5.73 Å². The minimum atomic E-state index is 0. The topological polar surface area (TPSA) is 46.3 Å². The second kappa shape index (κ2) is 8.76. The zero-order valence-electron chi connectivity index (χ0n) is 11.2. The van der Waals surface area contributed by atoms with Crippen molar-refractivity contribution in [1.82, 2.24) is 4.90 Å². The molecule has 0 aromatic carbocycles. The maximum absolute atomic E-state index is 12.0. The van der Waals surface area contributed by atoms with Gasteiger partial charge in [-0.05, 0) is 46.1 Å². The van der Waals surface area contributed by atoms with Crippen LogP contribution in [0.5, 0.6) is 0 Å². The zero-order valence-corrected chi connectivity index (χ0v) is 12.0. The number of hydrogen-bond donors (Lipinski definition) is 1. The Labute approximate surface area is 112 Å². The van der Waals surface area contributed by atoms with Crippen LogP contribution in [0.1, 0.15) is 58.8 Å². The summed E-state index contributed by atoms with van der Waals surface area (Å²) in [5, 5.41) is 0. The quantitative estimate of drug-likeness (QED) is 0.748. The molecule has 0 aromatic heterocycles. The van der Waals surface area contributed by atoms with E-state index in [1.807, 2.05) is 0 Å². The van der Waals surface area contributed by atoms with Crippen LogP contribution in [0.2, 0.25) is 0 Å². The molecule has 0 saturated carbocycles. The number of carbonyl (C=O) groups excluding carboxylic acids is 1. The van der Waals surface area contributed by atoms with Crippen molar-refractivity contribution in [3.05, 3.63) is 0 Å². The second-order valence-corrected chi connectivity index (χ2v) is 5.03. The molecule has 2 atom stereocenters. The molecule has 1 aliphatic rings. The molecule has 1 amide bonds. The number of amides is 1. The number of carbonyl (C=O) groups is 1. The summed E-state index contributed by atoms with van der Waals surface area (Å²) in [4.78, 5) is 14.1. The van der Waals surface area contributed by atoms with E-state index in [1.165, 1.54) is 12.8 Å². The standard InChI is InChI=1S/C13H26N2O.ClH/c1-11-8-9-12(2)15(11)13(16)7-5-3-4-6-10-14;/h11-12H,3-10,14H2,1-2H3;1H. The van der Waals surface area contributed by atoms with E-state index >= 15 is 0 Å². The van der Waals surface area contributed by atoms with Gasteiger partial charge in [0.15, 0.2) is 0 Å². The average molecular weight is 263 g/mol. The van der Waals surface area contributed by atoms with Crippen molar-refractivity contribution in [2.45, 2.75) is 70.9 Å². The Morgan fingerprint density at radius 1 is 1.12 bits per heavy atom. The Balaban J connectivity index is 0.00000256. The molecule has 0 bridgehead atoms. The first-order valence-corrected chi connectivity index (χ1v) is 6.68. The fraction of sp³-hybridized carbons (Fsp3) is 0.923. The van der Waals surface area contributed by atoms with E-state index < -0.39 is 0 Å². The molecule has 1 aliphatic heterocycles. The third kappa shape index (κ3) is 5.26. The van der Waals surface area contributed by atoms with Gasteiger partial charge in [-0.15, -0.1) is 12.4 Å². The molecule has 3 nitrogen and oxygen atoms in total. The average Bonchev–Trinajstić information content (AvgIpc) is 2.58. The molecule has 1 rings (SSSR count). The maximum Gasteiger partial charge on any atom is 0.223 e. The molecule has 0 radical (unpaired) electrons. The Hall–Kier alpha value is -0.280. The van der Waals surface area contributed by atoms with E-state index in [0.717, 1.165) is 38.6 Å². The van der Waals surface area contributed by atoms with Crippen molar-refractivity contribution in [1.29, 1.82) is 0 Å². The first-order chi connectivity index (χ1) is 7.66. The van der Waals surface area contributed by atoms with E-state index in [1.54, 1.807) is 0 Å². The monoisotopic (exact) mass is 262 g/mol. The van der Waals surface area contributed by atoms with E-state index in [2.05, 4.69) is 18.7 Å². The molecular formula is C13H27ClN2O. The number of unbranched alkanes of at least 4 members (excludes halogenated alkanes) is 3. The third-order valence-electron chi connectivity index (χ3n) is 3.58. The fourth-order valence-electron chi connectivity index (χ4n) is 2.59. The lowest BCUT2D eigenvalue weighted by atomic mass is 10.1. The summed E-state index contributed by atoms with van der Waals surface area (Å²) in [6.45, 7) is 5.10. The van der Waals surface area contributed by atoms with E-state index in [4.69, 9.17) is 5.73 Å². The molecule has 0 aromatic rings. The van der Waals surface area contributed by atoms with Gasteiger partial charge in [0.2, 0.25) is 5.91 Å². The molecule has 0 spiro atoms. The van der Waals surface area contributed by atoms with Crippen LogP contribution in [0, 0.1) is 0 Å². The predicted octanol–water partition coefficient (Wildman–Crippen LogP) is 2.72. The van der Waals surface area contributed by atoms with E-state index in [0.29, 0.717) is 18.0 Å². The summed E-state index contributed by atoms with van der Waals surface area (Å²) in [7, 11) is 0. The molecule has 4 heteroatoms. The lowest BCUT2D eigenvalue weighted by Gasteiger charge is -2.26. The normalized spacial score (nSPS) is 23.6. The van der Waals surface area contributed by atoms with Crippen molar-refractivity contribution in [3.8, 4) is 0 Å². The Morgan fingerprint density at radius 2 is 1.65 bits per heavy atom. The molecule has 1 saturated heterocycles. The molecule has 0 aliphatic carbocycles. The predicted molar refractivity (Wildman–Crippen MR) is 74.4 cm³/mol. The molecule has 2 N–H and O–H groups in total. The highest BCUT2D eigenvalue weighted by Crippen LogP contribution is 2.24. The van der Waals surface area contributed by atoms with Crippen molar-refractivity contribution in [3.63, 3.8) is 0 Å². The molecule has 17 heavy (non-hydrogen) atoms. The Morgan fingerprint density at radius 3 is 2.18 bits per heavy atom. The van der Waals surface area contributed by atoms with Crippen LogP contribution in [0.3, 0.4) is 0 Å². The van der Waals surface area contributed by atoms with Gasteiger partial charge in [-0.2, -0.15) is 0 Å². The second-order valence-electron chi connectivity index (χ2n) is 5.03. The van der Waals surface area contributed by atoms with Crippen LogP contribution in [-0.2, 0) is 4.79 Å². The minimum Gasteiger partial charge on any atom is -0.337 e.